The van der Waals surface area contributed by atoms with Gasteiger partial charge in [-0.3, -0.25) is 0 Å². The molecule has 0 aliphatic rings. The van der Waals surface area contributed by atoms with Crippen LogP contribution in [0.15, 0.2) is 64.4 Å². The molecule has 0 spiro atoms. The van der Waals surface area contributed by atoms with Gasteiger partial charge in [0.05, 0.1) is 11.3 Å². The number of anilines is 1. The van der Waals surface area contributed by atoms with Crippen LogP contribution in [0.1, 0.15) is 28.8 Å². The van der Waals surface area contributed by atoms with Crippen molar-refractivity contribution in [3.05, 3.63) is 82.3 Å². The first-order chi connectivity index (χ1) is 17.0. The number of oxazole rings is 1. The number of nitrogens with two attached hydrogens (primary N) is 1. The van der Waals surface area contributed by atoms with Crippen molar-refractivity contribution in [1.82, 2.24) is 9.97 Å². The first-order valence-electron chi connectivity index (χ1n) is 10.7. The molecule has 3 N–H and O–H groups in total. The third-order valence-electron chi connectivity index (χ3n) is 5.38. The van der Waals surface area contributed by atoms with E-state index in [1.807, 2.05) is 36.4 Å². The number of nitrogens with zero attached hydrogens (tertiary/aromatic N) is 4. The lowest BCUT2D eigenvalue weighted by atomic mass is 9.95. The number of thioether (sulfide) groups is 1. The maximum atomic E-state index is 10.0. The van der Waals surface area contributed by atoms with Gasteiger partial charge in [-0.15, -0.1) is 0 Å². The Morgan fingerprint density at radius 1 is 1.00 bits per heavy atom. The number of benzene rings is 2. The Morgan fingerprint density at radius 2 is 1.69 bits per heavy atom. The second-order valence-electron chi connectivity index (χ2n) is 7.60. The summed E-state index contributed by atoms with van der Waals surface area (Å²) in [6, 6.07) is 19.1. The molecule has 4 rings (SSSR count). The predicted molar refractivity (Wildman–Crippen MR) is 135 cm³/mol. The highest BCUT2D eigenvalue weighted by molar-refractivity contribution is 7.98. The number of hydrogen-bond acceptors (Lipinski definition) is 8. The lowest BCUT2D eigenvalue weighted by Crippen LogP contribution is -2.03. The van der Waals surface area contributed by atoms with Crippen LogP contribution in [0.4, 0.5) is 5.82 Å². The summed E-state index contributed by atoms with van der Waals surface area (Å²) in [6.45, 7) is 0.117. The van der Waals surface area contributed by atoms with Crippen LogP contribution < -0.4 is 5.73 Å². The fourth-order valence-electron chi connectivity index (χ4n) is 3.66. The Balaban J connectivity index is 1.68. The molecule has 7 nitrogen and oxygen atoms in total. The highest BCUT2D eigenvalue weighted by atomic mass is 35.5. The van der Waals surface area contributed by atoms with Crippen molar-refractivity contribution < 1.29 is 9.52 Å². The zero-order valence-electron chi connectivity index (χ0n) is 18.5. The van der Waals surface area contributed by atoms with E-state index in [0.29, 0.717) is 44.8 Å². The number of aromatic nitrogens is 2. The SMILES string of the molecule is N#Cc1c(N)nc(SCc2ncoc2-c2ccc(Cl)cc2)c(C#N)c1-c1ccc(CCCO)cc1. The number of aliphatic hydroxyl groups is 1. The molecule has 0 aliphatic heterocycles. The van der Waals surface area contributed by atoms with Crippen molar-refractivity contribution in [2.75, 3.05) is 12.3 Å². The summed E-state index contributed by atoms with van der Waals surface area (Å²) in [5.41, 5.74) is 10.3. The van der Waals surface area contributed by atoms with E-state index in [9.17, 15) is 10.5 Å². The normalized spacial score (nSPS) is 10.6. The summed E-state index contributed by atoms with van der Waals surface area (Å²) in [6.07, 6.45) is 2.77. The first-order valence-corrected chi connectivity index (χ1v) is 12.1. The van der Waals surface area contributed by atoms with Gasteiger partial charge in [0.25, 0.3) is 0 Å². The van der Waals surface area contributed by atoms with Crippen molar-refractivity contribution in [3.63, 3.8) is 0 Å². The Morgan fingerprint density at radius 3 is 2.34 bits per heavy atom. The summed E-state index contributed by atoms with van der Waals surface area (Å²) in [7, 11) is 0. The number of halogens is 1. The first kappa shape index (κ1) is 24.3. The molecule has 2 aromatic heterocycles. The van der Waals surface area contributed by atoms with Gasteiger partial charge < -0.3 is 15.3 Å². The van der Waals surface area contributed by atoms with Gasteiger partial charge in [0.1, 0.15) is 28.5 Å². The second kappa shape index (κ2) is 11.1. The minimum atomic E-state index is 0.0615. The van der Waals surface area contributed by atoms with Crippen LogP contribution in [0, 0.1) is 22.7 Å². The van der Waals surface area contributed by atoms with Gasteiger partial charge in [-0.2, -0.15) is 10.5 Å². The maximum absolute atomic E-state index is 10.0. The average molecular weight is 502 g/mol. The molecule has 35 heavy (non-hydrogen) atoms. The van der Waals surface area contributed by atoms with Crippen molar-refractivity contribution in [2.45, 2.75) is 23.6 Å². The lowest BCUT2D eigenvalue weighted by molar-refractivity contribution is 0.288. The average Bonchev–Trinajstić information content (AvgIpc) is 3.35. The van der Waals surface area contributed by atoms with Crippen LogP contribution in [-0.4, -0.2) is 21.7 Å². The van der Waals surface area contributed by atoms with Crippen LogP contribution in [0.5, 0.6) is 0 Å². The number of aliphatic hydroxyl groups excluding tert-OH is 1. The third-order valence-corrected chi connectivity index (χ3v) is 6.61. The predicted octanol–water partition coefficient (Wildman–Crippen LogP) is 5.60. The molecule has 0 aliphatic carbocycles. The van der Waals surface area contributed by atoms with Gasteiger partial charge in [-0.1, -0.05) is 47.6 Å². The van der Waals surface area contributed by atoms with E-state index in [2.05, 4.69) is 22.1 Å². The highest BCUT2D eigenvalue weighted by Gasteiger charge is 2.21. The smallest absolute Gasteiger partial charge is 0.181 e. The number of rotatable bonds is 8. The van der Waals surface area contributed by atoms with Gasteiger partial charge in [-0.05, 0) is 48.2 Å². The number of aryl methyl sites for hydroxylation is 1. The van der Waals surface area contributed by atoms with Crippen molar-refractivity contribution in [3.8, 4) is 34.6 Å². The number of nitriles is 2. The topological polar surface area (TPSA) is 133 Å². The Kier molecular flexibility index (Phi) is 7.69. The largest absolute Gasteiger partial charge is 0.443 e. The van der Waals surface area contributed by atoms with E-state index in [1.165, 1.54) is 18.2 Å². The van der Waals surface area contributed by atoms with Crippen LogP contribution in [-0.2, 0) is 12.2 Å². The molecule has 2 aromatic carbocycles. The van der Waals surface area contributed by atoms with Gasteiger partial charge in [-0.25, -0.2) is 9.97 Å². The Bertz CT molecular complexity index is 1420. The van der Waals surface area contributed by atoms with E-state index in [4.69, 9.17) is 26.9 Å². The van der Waals surface area contributed by atoms with Crippen molar-refractivity contribution >= 4 is 29.2 Å². The van der Waals surface area contributed by atoms with Crippen LogP contribution in [0.2, 0.25) is 5.02 Å². The molecule has 0 saturated carbocycles. The highest BCUT2D eigenvalue weighted by Crippen LogP contribution is 2.37. The van der Waals surface area contributed by atoms with E-state index in [0.717, 1.165) is 17.5 Å². The molecule has 0 bridgehead atoms. The summed E-state index contributed by atoms with van der Waals surface area (Å²) >= 11 is 7.29. The van der Waals surface area contributed by atoms with Gasteiger partial charge in [0.2, 0.25) is 0 Å². The molecular weight excluding hydrogens is 482 g/mol. The van der Waals surface area contributed by atoms with Gasteiger partial charge in [0.15, 0.2) is 12.2 Å². The second-order valence-corrected chi connectivity index (χ2v) is 9.00. The van der Waals surface area contributed by atoms with E-state index in [-0.39, 0.29) is 23.6 Å². The van der Waals surface area contributed by atoms with E-state index >= 15 is 0 Å². The van der Waals surface area contributed by atoms with Crippen LogP contribution in [0.3, 0.4) is 0 Å². The number of nitrogen functional groups attached to an aromatic ring is 1. The number of hydrogen-bond donors (Lipinski definition) is 2. The Labute approximate surface area is 211 Å². The maximum Gasteiger partial charge on any atom is 0.181 e. The van der Waals surface area contributed by atoms with Gasteiger partial charge >= 0.3 is 0 Å². The monoisotopic (exact) mass is 501 g/mol. The zero-order valence-corrected chi connectivity index (χ0v) is 20.1. The molecule has 0 unspecified atom stereocenters. The van der Waals surface area contributed by atoms with E-state index in [1.54, 1.807) is 12.1 Å². The summed E-state index contributed by atoms with van der Waals surface area (Å²) in [5.74, 6) is 1.04. The molecule has 4 aromatic rings. The van der Waals surface area contributed by atoms with Crippen LogP contribution >= 0.6 is 23.4 Å². The molecule has 9 heteroatoms. The van der Waals surface area contributed by atoms with Crippen molar-refractivity contribution in [1.29, 1.82) is 10.5 Å². The quantitative estimate of drug-likeness (QED) is 0.298. The molecule has 2 heterocycles. The molecule has 0 fully saturated rings. The number of pyridine rings is 1. The fourth-order valence-corrected chi connectivity index (χ4v) is 4.72. The molecular formula is C26H20ClN5O2S. The van der Waals surface area contributed by atoms with Gasteiger partial charge in [0, 0.05) is 28.5 Å². The minimum absolute atomic E-state index is 0.0615. The fraction of sp³-hybridized carbons (Fsp3) is 0.154. The molecule has 174 valence electrons. The zero-order chi connectivity index (χ0) is 24.8. The molecule has 0 atom stereocenters. The molecule has 0 saturated heterocycles. The summed E-state index contributed by atoms with van der Waals surface area (Å²) in [5, 5.41) is 29.9. The molecule has 0 amide bonds. The summed E-state index contributed by atoms with van der Waals surface area (Å²) < 4.78 is 5.59. The Hall–Kier alpha value is -3.82. The minimum Gasteiger partial charge on any atom is -0.443 e. The third kappa shape index (κ3) is 5.31. The van der Waals surface area contributed by atoms with E-state index < -0.39 is 0 Å². The summed E-state index contributed by atoms with van der Waals surface area (Å²) in [4.78, 5) is 8.69. The lowest BCUT2D eigenvalue weighted by Gasteiger charge is -2.13. The molecule has 0 radical (unpaired) electrons. The van der Waals surface area contributed by atoms with Crippen LogP contribution in [0.25, 0.3) is 22.5 Å². The standard InChI is InChI=1S/C26H20ClN5O2S/c27-19-9-7-18(8-10-19)24-22(31-15-34-24)14-35-26-21(13-29)23(20(12-28)25(30)32-26)17-5-3-16(4-6-17)2-1-11-33/h3-10,15,33H,1-2,11,14H2,(H2,30,32). The van der Waals surface area contributed by atoms with Crippen molar-refractivity contribution in [2.24, 2.45) is 0 Å².